The van der Waals surface area contributed by atoms with Crippen LogP contribution >= 0.6 is 0 Å². The van der Waals surface area contributed by atoms with E-state index in [1.54, 1.807) is 6.07 Å². The Labute approximate surface area is 130 Å². The molecule has 0 radical (unpaired) electrons. The Balaban J connectivity index is 2.12. The lowest BCUT2D eigenvalue weighted by atomic mass is 10.1. The fourth-order valence-electron chi connectivity index (χ4n) is 1.88. The topological polar surface area (TPSA) is 4.36 Å². The average Bonchev–Trinajstić information content (AvgIpc) is 2.54. The van der Waals surface area contributed by atoms with Gasteiger partial charge in [-0.25, -0.2) is 9.24 Å². The summed E-state index contributed by atoms with van der Waals surface area (Å²) >= 11 is 0. The minimum Gasteiger partial charge on any atom is -0.235 e. The Morgan fingerprint density at radius 3 is 2.41 bits per heavy atom. The third-order valence-corrected chi connectivity index (χ3v) is 3.10. The zero-order chi connectivity index (χ0) is 15.8. The van der Waals surface area contributed by atoms with Crippen LogP contribution < -0.4 is 0 Å². The van der Waals surface area contributed by atoms with Crippen LogP contribution in [-0.4, -0.2) is 0 Å². The first-order valence-corrected chi connectivity index (χ1v) is 7.18. The van der Waals surface area contributed by atoms with Crippen LogP contribution in [0.2, 0.25) is 0 Å². The van der Waals surface area contributed by atoms with Crippen molar-refractivity contribution in [3.8, 4) is 11.8 Å². The number of benzene rings is 2. The molecule has 0 amide bonds. The van der Waals surface area contributed by atoms with Crippen LogP contribution in [0, 0.1) is 24.2 Å². The van der Waals surface area contributed by atoms with Crippen molar-refractivity contribution in [1.82, 2.24) is 0 Å². The Bertz CT molecular complexity index is 768. The molecule has 0 bridgehead atoms. The molecule has 0 atom stereocenters. The summed E-state index contributed by atoms with van der Waals surface area (Å²) in [6.45, 7) is 8.96. The molecule has 0 unspecified atom stereocenters. The third kappa shape index (κ3) is 4.33. The van der Waals surface area contributed by atoms with E-state index in [1.165, 1.54) is 12.1 Å². The maximum Gasteiger partial charge on any atom is 0.222 e. The van der Waals surface area contributed by atoms with Crippen LogP contribution in [0.15, 0.2) is 48.5 Å². The van der Waals surface area contributed by atoms with E-state index in [0.29, 0.717) is 5.56 Å². The molecule has 0 saturated carbocycles. The summed E-state index contributed by atoms with van der Waals surface area (Å²) < 4.78 is 13.5. The molecule has 2 aromatic carbocycles. The Hall–Kier alpha value is -2.84. The van der Waals surface area contributed by atoms with E-state index in [9.17, 15) is 4.39 Å². The molecule has 0 fully saturated rings. The average molecular weight is 289 g/mol. The molecule has 0 spiro atoms. The number of rotatable bonds is 3. The minimum absolute atomic E-state index is 0.0220. The van der Waals surface area contributed by atoms with Crippen LogP contribution in [0.1, 0.15) is 36.5 Å². The van der Waals surface area contributed by atoms with Gasteiger partial charge >= 0.3 is 0 Å². The molecular weight excluding hydrogens is 273 g/mol. The van der Waals surface area contributed by atoms with Gasteiger partial charge in [-0.15, -0.1) is 0 Å². The molecule has 0 aliphatic heterocycles. The summed E-state index contributed by atoms with van der Waals surface area (Å²) in [5.74, 6) is 5.39. The second-order valence-electron chi connectivity index (χ2n) is 4.84. The van der Waals surface area contributed by atoms with Gasteiger partial charge in [0.15, 0.2) is 0 Å². The molecule has 0 N–H and O–H groups in total. The number of hydrogen-bond acceptors (Lipinski definition) is 0. The molecular formula is C20H16FN. The van der Waals surface area contributed by atoms with Gasteiger partial charge in [0.05, 0.1) is 6.57 Å². The quantitative estimate of drug-likeness (QED) is 0.512. The number of nitrogens with zero attached hydrogens (tertiary/aromatic N) is 1. The largest absolute Gasteiger partial charge is 0.235 e. The lowest BCUT2D eigenvalue weighted by molar-refractivity contribution is 0.633. The normalized spacial score (nSPS) is 10.0. The fourth-order valence-corrected chi connectivity index (χ4v) is 1.88. The molecule has 2 rings (SSSR count). The van der Waals surface area contributed by atoms with Gasteiger partial charge in [0.2, 0.25) is 5.69 Å². The molecule has 0 heterocycles. The molecule has 1 nitrogen and oxygen atoms in total. The van der Waals surface area contributed by atoms with Crippen LogP contribution in [0.3, 0.4) is 0 Å². The SMILES string of the molecule is [C-]#[N+]c1ccc(C#Cc2ccc(/C=C/CCC)cc2)cc1F. The van der Waals surface area contributed by atoms with E-state index >= 15 is 0 Å². The van der Waals surface area contributed by atoms with Gasteiger partial charge in [-0.3, -0.25) is 0 Å². The maximum absolute atomic E-state index is 13.5. The fraction of sp³-hybridized carbons (Fsp3) is 0.150. The van der Waals surface area contributed by atoms with Gasteiger partial charge in [-0.2, -0.15) is 0 Å². The van der Waals surface area contributed by atoms with Crippen LogP contribution in [0.5, 0.6) is 0 Å². The van der Waals surface area contributed by atoms with E-state index in [2.05, 4.69) is 35.8 Å². The first-order chi connectivity index (χ1) is 10.7. The first kappa shape index (κ1) is 15.5. The lowest BCUT2D eigenvalue weighted by Gasteiger charge is -1.95. The van der Waals surface area contributed by atoms with E-state index in [1.807, 2.05) is 24.3 Å². The lowest BCUT2D eigenvalue weighted by Crippen LogP contribution is -1.80. The van der Waals surface area contributed by atoms with Crippen molar-refractivity contribution < 1.29 is 4.39 Å². The highest BCUT2D eigenvalue weighted by Crippen LogP contribution is 2.18. The predicted octanol–water partition coefficient (Wildman–Crippen LogP) is 5.59. The van der Waals surface area contributed by atoms with Crippen molar-refractivity contribution >= 4 is 11.8 Å². The van der Waals surface area contributed by atoms with Gasteiger partial charge in [0.1, 0.15) is 5.82 Å². The van der Waals surface area contributed by atoms with Crippen LogP contribution in [0.25, 0.3) is 10.9 Å². The summed E-state index contributed by atoms with van der Waals surface area (Å²) in [6.07, 6.45) is 6.47. The molecule has 2 heteroatoms. The second-order valence-corrected chi connectivity index (χ2v) is 4.84. The van der Waals surface area contributed by atoms with Crippen molar-refractivity contribution in [2.24, 2.45) is 0 Å². The van der Waals surface area contributed by atoms with Crippen molar-refractivity contribution in [3.05, 3.63) is 82.5 Å². The minimum atomic E-state index is -0.529. The summed E-state index contributed by atoms with van der Waals surface area (Å²) in [7, 11) is 0. The van der Waals surface area contributed by atoms with Gasteiger partial charge in [-0.05, 0) is 30.2 Å². The van der Waals surface area contributed by atoms with Gasteiger partial charge < -0.3 is 0 Å². The standard InChI is InChI=1S/C20H16FN/c1-3-4-5-6-16-7-9-17(10-8-16)11-12-18-13-14-20(22-2)19(21)15-18/h5-10,13-15H,3-4H2,1H3/b6-5+. The molecule has 0 saturated heterocycles. The monoisotopic (exact) mass is 289 g/mol. The summed E-state index contributed by atoms with van der Waals surface area (Å²) in [6, 6.07) is 12.3. The van der Waals surface area contributed by atoms with Crippen molar-refractivity contribution in [3.63, 3.8) is 0 Å². The molecule has 0 aliphatic rings. The van der Waals surface area contributed by atoms with Gasteiger partial charge in [-0.1, -0.05) is 61.6 Å². The van der Waals surface area contributed by atoms with Crippen molar-refractivity contribution in [2.75, 3.05) is 0 Å². The Morgan fingerprint density at radius 2 is 1.77 bits per heavy atom. The van der Waals surface area contributed by atoms with E-state index < -0.39 is 5.82 Å². The number of allylic oxidation sites excluding steroid dienone is 1. The number of unbranched alkanes of at least 4 members (excludes halogenated alkanes) is 1. The number of hydrogen-bond donors (Lipinski definition) is 0. The Kier molecular flexibility index (Phi) is 5.52. The van der Waals surface area contributed by atoms with Gasteiger partial charge in [0.25, 0.3) is 0 Å². The van der Waals surface area contributed by atoms with Crippen LogP contribution in [0.4, 0.5) is 10.1 Å². The maximum atomic E-state index is 13.5. The molecule has 2 aromatic rings. The highest BCUT2D eigenvalue weighted by atomic mass is 19.1. The summed E-state index contributed by atoms with van der Waals surface area (Å²) in [5, 5.41) is 0. The highest BCUT2D eigenvalue weighted by Gasteiger charge is 2.00. The zero-order valence-electron chi connectivity index (χ0n) is 12.4. The number of halogens is 1. The summed E-state index contributed by atoms with van der Waals surface area (Å²) in [5.41, 5.74) is 2.61. The second kappa shape index (κ2) is 7.81. The van der Waals surface area contributed by atoms with E-state index in [-0.39, 0.29) is 5.69 Å². The van der Waals surface area contributed by atoms with E-state index in [4.69, 9.17) is 6.57 Å². The molecule has 22 heavy (non-hydrogen) atoms. The van der Waals surface area contributed by atoms with Crippen molar-refractivity contribution in [2.45, 2.75) is 19.8 Å². The molecule has 0 aromatic heterocycles. The zero-order valence-corrected chi connectivity index (χ0v) is 12.4. The van der Waals surface area contributed by atoms with E-state index in [0.717, 1.165) is 24.0 Å². The third-order valence-electron chi connectivity index (χ3n) is 3.10. The highest BCUT2D eigenvalue weighted by molar-refractivity contribution is 5.54. The first-order valence-electron chi connectivity index (χ1n) is 7.18. The van der Waals surface area contributed by atoms with Crippen molar-refractivity contribution in [1.29, 1.82) is 0 Å². The van der Waals surface area contributed by atoms with Crippen LogP contribution in [-0.2, 0) is 0 Å². The van der Waals surface area contributed by atoms with Gasteiger partial charge in [0, 0.05) is 11.1 Å². The molecule has 0 aliphatic carbocycles. The predicted molar refractivity (Wildman–Crippen MR) is 89.0 cm³/mol. The smallest absolute Gasteiger partial charge is 0.222 e. The Morgan fingerprint density at radius 1 is 1.09 bits per heavy atom. The summed E-state index contributed by atoms with van der Waals surface area (Å²) in [4.78, 5) is 3.09. The molecule has 108 valence electrons.